The number of nitrogens with two attached hydrogens (primary N) is 1. The van der Waals surface area contributed by atoms with Crippen molar-refractivity contribution in [1.82, 2.24) is 4.90 Å². The number of Topliss-reactive ketones (excluding diaryl/α,β-unsaturated/α-hetero) is 1. The van der Waals surface area contributed by atoms with Crippen LogP contribution in [0.15, 0.2) is 6.07 Å². The van der Waals surface area contributed by atoms with Crippen LogP contribution in [-0.4, -0.2) is 44.5 Å². The van der Waals surface area contributed by atoms with Crippen LogP contribution in [-0.2, 0) is 0 Å². The molecule has 0 amide bonds. The van der Waals surface area contributed by atoms with Gasteiger partial charge in [0.25, 0.3) is 0 Å². The number of nitrogen functional groups attached to an aromatic ring is 1. The smallest absolute Gasteiger partial charge is 0.186 e. The summed E-state index contributed by atoms with van der Waals surface area (Å²) in [5, 5.41) is 0.315. The third kappa shape index (κ3) is 6.16. The molecule has 0 aromatic heterocycles. The van der Waals surface area contributed by atoms with Crippen molar-refractivity contribution in [3.8, 4) is 11.5 Å². The molecule has 1 fully saturated rings. The van der Waals surface area contributed by atoms with E-state index in [0.717, 1.165) is 19.5 Å². The molecule has 0 spiro atoms. The van der Waals surface area contributed by atoms with E-state index in [4.69, 9.17) is 26.8 Å². The first-order chi connectivity index (χ1) is 12.5. The summed E-state index contributed by atoms with van der Waals surface area (Å²) >= 11 is 6.16. The summed E-state index contributed by atoms with van der Waals surface area (Å²) in [5.41, 5.74) is 6.67. The van der Waals surface area contributed by atoms with Crippen LogP contribution in [0.1, 0.15) is 55.8 Å². The minimum atomic E-state index is 0. The Balaban J connectivity index is 0.00000364. The molecule has 2 N–H and O–H groups in total. The molecule has 1 aromatic carbocycles. The number of hydrogen-bond acceptors (Lipinski definition) is 5. The Morgan fingerprint density at radius 2 is 1.89 bits per heavy atom. The predicted molar refractivity (Wildman–Crippen MR) is 114 cm³/mol. The maximum Gasteiger partial charge on any atom is 0.186 e. The molecule has 0 saturated carbocycles. The fourth-order valence-electron chi connectivity index (χ4n) is 3.59. The number of benzene rings is 1. The van der Waals surface area contributed by atoms with Gasteiger partial charge >= 0.3 is 0 Å². The van der Waals surface area contributed by atoms with Gasteiger partial charge in [-0.2, -0.15) is 0 Å². The lowest BCUT2D eigenvalue weighted by Gasteiger charge is -2.31. The summed E-state index contributed by atoms with van der Waals surface area (Å²) < 4.78 is 10.7. The molecule has 0 bridgehead atoms. The number of hydrogen-bond donors (Lipinski definition) is 1. The molecule has 2 rings (SSSR count). The van der Waals surface area contributed by atoms with Gasteiger partial charge in [-0.1, -0.05) is 24.9 Å². The normalized spacial score (nSPS) is 15.3. The molecule has 27 heavy (non-hydrogen) atoms. The number of nitrogens with zero attached hydrogens (tertiary/aromatic N) is 1. The van der Waals surface area contributed by atoms with Crippen LogP contribution in [0.2, 0.25) is 5.02 Å². The molecule has 154 valence electrons. The van der Waals surface area contributed by atoms with Gasteiger partial charge < -0.3 is 20.1 Å². The first-order valence-corrected chi connectivity index (χ1v) is 9.85. The van der Waals surface area contributed by atoms with E-state index in [1.807, 2.05) is 0 Å². The van der Waals surface area contributed by atoms with Gasteiger partial charge in [0.05, 0.1) is 30.5 Å². The number of carbonyl (C=O) groups is 1. The third-order valence-electron chi connectivity index (χ3n) is 5.25. The van der Waals surface area contributed by atoms with Gasteiger partial charge in [0.15, 0.2) is 17.3 Å². The summed E-state index contributed by atoms with van der Waals surface area (Å²) in [5.74, 6) is 1.32. The molecule has 1 aliphatic heterocycles. The monoisotopic (exact) mass is 418 g/mol. The third-order valence-corrected chi connectivity index (χ3v) is 5.56. The zero-order chi connectivity index (χ0) is 19.1. The highest BCUT2D eigenvalue weighted by atomic mass is 35.5. The molecule has 1 heterocycles. The summed E-state index contributed by atoms with van der Waals surface area (Å²) in [6.45, 7) is 5.71. The van der Waals surface area contributed by atoms with Gasteiger partial charge in [0.2, 0.25) is 0 Å². The number of ketones is 1. The molecule has 0 aliphatic carbocycles. The van der Waals surface area contributed by atoms with Crippen LogP contribution in [0, 0.1) is 5.92 Å². The maximum atomic E-state index is 12.8. The molecular weight excluding hydrogens is 387 g/mol. The van der Waals surface area contributed by atoms with Gasteiger partial charge in [-0.3, -0.25) is 4.79 Å². The molecule has 1 aliphatic rings. The van der Waals surface area contributed by atoms with Gasteiger partial charge in [0.1, 0.15) is 0 Å². The highest BCUT2D eigenvalue weighted by Crippen LogP contribution is 2.42. The van der Waals surface area contributed by atoms with Crippen molar-refractivity contribution in [3.05, 3.63) is 16.7 Å². The number of rotatable bonds is 9. The second-order valence-corrected chi connectivity index (χ2v) is 7.39. The highest BCUT2D eigenvalue weighted by molar-refractivity contribution is 6.34. The van der Waals surface area contributed by atoms with Crippen molar-refractivity contribution < 1.29 is 14.3 Å². The van der Waals surface area contributed by atoms with E-state index in [1.165, 1.54) is 46.4 Å². The van der Waals surface area contributed by atoms with E-state index in [0.29, 0.717) is 40.1 Å². The lowest BCUT2D eigenvalue weighted by Crippen LogP contribution is -2.34. The average Bonchev–Trinajstić information content (AvgIpc) is 2.66. The highest BCUT2D eigenvalue weighted by Gasteiger charge is 2.24. The second kappa shape index (κ2) is 11.6. The molecule has 0 radical (unpaired) electrons. The molecule has 0 atom stereocenters. The Morgan fingerprint density at radius 1 is 1.26 bits per heavy atom. The number of likely N-dealkylation sites (tertiary alicyclic amines) is 1. The van der Waals surface area contributed by atoms with E-state index < -0.39 is 0 Å². The number of carbonyl (C=O) groups excluding carboxylic acids is 1. The summed E-state index contributed by atoms with van der Waals surface area (Å²) in [4.78, 5) is 15.3. The van der Waals surface area contributed by atoms with Crippen LogP contribution < -0.4 is 15.2 Å². The van der Waals surface area contributed by atoms with Crippen molar-refractivity contribution >= 4 is 35.5 Å². The van der Waals surface area contributed by atoms with Crippen molar-refractivity contribution in [2.24, 2.45) is 5.92 Å². The number of methoxy groups -OCH3 is 2. The Labute approximate surface area is 173 Å². The molecule has 1 aromatic rings. The van der Waals surface area contributed by atoms with E-state index in [2.05, 4.69) is 11.8 Å². The summed E-state index contributed by atoms with van der Waals surface area (Å²) in [6.07, 6.45) is 6.22. The first kappa shape index (κ1) is 23.9. The lowest BCUT2D eigenvalue weighted by atomic mass is 9.90. The Bertz CT molecular complexity index is 618. The van der Waals surface area contributed by atoms with Crippen molar-refractivity contribution in [3.63, 3.8) is 0 Å². The topological polar surface area (TPSA) is 64.8 Å². The number of ether oxygens (including phenoxy) is 2. The Hall–Kier alpha value is -1.17. The van der Waals surface area contributed by atoms with Gasteiger partial charge in [-0.05, 0) is 57.3 Å². The number of anilines is 1. The second-order valence-electron chi connectivity index (χ2n) is 6.99. The number of halogens is 2. The molecule has 1 saturated heterocycles. The minimum absolute atomic E-state index is 0. The first-order valence-electron chi connectivity index (χ1n) is 9.47. The summed E-state index contributed by atoms with van der Waals surface area (Å²) in [6, 6.07) is 1.59. The summed E-state index contributed by atoms with van der Waals surface area (Å²) in [7, 11) is 3.00. The van der Waals surface area contributed by atoms with E-state index >= 15 is 0 Å². The number of piperidine rings is 1. The van der Waals surface area contributed by atoms with Gasteiger partial charge in [-0.15, -0.1) is 12.4 Å². The lowest BCUT2D eigenvalue weighted by molar-refractivity contribution is 0.0958. The molecule has 0 unspecified atom stereocenters. The van der Waals surface area contributed by atoms with E-state index in [9.17, 15) is 4.79 Å². The van der Waals surface area contributed by atoms with Crippen LogP contribution in [0.3, 0.4) is 0 Å². The largest absolute Gasteiger partial charge is 0.492 e. The fraction of sp³-hybridized carbons (Fsp3) is 0.650. The minimum Gasteiger partial charge on any atom is -0.492 e. The average molecular weight is 419 g/mol. The van der Waals surface area contributed by atoms with Crippen LogP contribution in [0.4, 0.5) is 5.69 Å². The Kier molecular flexibility index (Phi) is 10.3. The fourth-order valence-corrected chi connectivity index (χ4v) is 3.78. The molecular formula is C20H32Cl2N2O3. The van der Waals surface area contributed by atoms with Crippen LogP contribution >= 0.6 is 24.0 Å². The van der Waals surface area contributed by atoms with E-state index in [1.54, 1.807) is 6.07 Å². The van der Waals surface area contributed by atoms with Crippen molar-refractivity contribution in [2.75, 3.05) is 39.6 Å². The predicted octanol–water partition coefficient (Wildman–Crippen LogP) is 4.84. The van der Waals surface area contributed by atoms with E-state index in [-0.39, 0.29) is 18.2 Å². The maximum absolute atomic E-state index is 12.8. The van der Waals surface area contributed by atoms with Gasteiger partial charge in [0, 0.05) is 6.42 Å². The zero-order valence-corrected chi connectivity index (χ0v) is 18.1. The van der Waals surface area contributed by atoms with Crippen LogP contribution in [0.25, 0.3) is 0 Å². The van der Waals surface area contributed by atoms with Crippen molar-refractivity contribution in [2.45, 2.75) is 45.4 Å². The van der Waals surface area contributed by atoms with Gasteiger partial charge in [-0.25, -0.2) is 0 Å². The number of unbranched alkanes of at least 4 members (excludes halogenated alkanes) is 1. The van der Waals surface area contributed by atoms with Crippen molar-refractivity contribution in [1.29, 1.82) is 0 Å². The quantitative estimate of drug-likeness (QED) is 0.459. The molecule has 7 heteroatoms. The Morgan fingerprint density at radius 3 is 2.44 bits per heavy atom. The standard InChI is InChI=1S/C20H31ClN2O3.ClH/c1-4-5-10-23-11-8-14(9-12-23)6-7-17(24)15-13-16(21)18(22)20(26-3)19(15)25-2;/h13-14H,4-12,22H2,1-3H3;1H. The zero-order valence-electron chi connectivity index (χ0n) is 16.6. The SMILES string of the molecule is CCCCN1CCC(CCC(=O)c2cc(Cl)c(N)c(OC)c2OC)CC1.Cl. The van der Waals surface area contributed by atoms with Crippen LogP contribution in [0.5, 0.6) is 11.5 Å². The molecule has 5 nitrogen and oxygen atoms in total.